The molecule has 0 N–H and O–H groups in total. The maximum Gasteiger partial charge on any atom is 0.163 e. The van der Waals surface area contributed by atoms with E-state index < -0.39 is 0 Å². The van der Waals surface area contributed by atoms with Gasteiger partial charge in [0.2, 0.25) is 0 Å². The molecule has 80 valence electrons. The van der Waals surface area contributed by atoms with Crippen molar-refractivity contribution in [1.82, 2.24) is 4.98 Å². The number of aromatic nitrogens is 1. The van der Waals surface area contributed by atoms with Gasteiger partial charge in [-0.1, -0.05) is 19.3 Å². The molecule has 0 amide bonds. The first-order valence-electron chi connectivity index (χ1n) is 5.01. The lowest BCUT2D eigenvalue weighted by molar-refractivity contribution is 0.0936. The van der Waals surface area contributed by atoms with E-state index in [0.29, 0.717) is 21.5 Å². The number of Topliss-reactive ketones (excluding diaryl/α,β-unsaturated/α-hetero) is 1. The predicted octanol–water partition coefficient (Wildman–Crippen LogP) is 3.98. The number of nitrogens with zero attached hydrogens (tertiary/aromatic N) is 1. The van der Waals surface area contributed by atoms with Crippen LogP contribution in [0, 0.1) is 5.92 Å². The van der Waals surface area contributed by atoms with Crippen LogP contribution in [0.2, 0.25) is 0 Å². The highest BCUT2D eigenvalue weighted by Crippen LogP contribution is 2.31. The van der Waals surface area contributed by atoms with Crippen molar-refractivity contribution in [3.8, 4) is 0 Å². The van der Waals surface area contributed by atoms with Gasteiger partial charge in [-0.15, -0.1) is 0 Å². The Morgan fingerprint density at radius 1 is 1.33 bits per heavy atom. The van der Waals surface area contributed by atoms with Gasteiger partial charge in [-0.25, -0.2) is 4.98 Å². The van der Waals surface area contributed by atoms with Gasteiger partial charge >= 0.3 is 0 Å². The zero-order valence-electron chi connectivity index (χ0n) is 8.17. The highest BCUT2D eigenvalue weighted by molar-refractivity contribution is 9.11. The molecule has 1 fully saturated rings. The standard InChI is InChI=1S/C11H11Br2NO/c12-10-5-8(6-11(13)14-10)9(15)4-7-2-1-3-7/h5-7H,1-4H2. The smallest absolute Gasteiger partial charge is 0.163 e. The minimum Gasteiger partial charge on any atom is -0.294 e. The van der Waals surface area contributed by atoms with E-state index in [-0.39, 0.29) is 5.78 Å². The summed E-state index contributed by atoms with van der Waals surface area (Å²) >= 11 is 6.57. The molecule has 1 aliphatic rings. The van der Waals surface area contributed by atoms with Crippen LogP contribution in [0.1, 0.15) is 36.0 Å². The second-order valence-electron chi connectivity index (χ2n) is 3.93. The molecule has 0 aromatic carbocycles. The van der Waals surface area contributed by atoms with Crippen LogP contribution in [-0.2, 0) is 0 Å². The lowest BCUT2D eigenvalue weighted by atomic mass is 9.81. The van der Waals surface area contributed by atoms with Crippen LogP contribution in [0.5, 0.6) is 0 Å². The largest absolute Gasteiger partial charge is 0.294 e. The minimum absolute atomic E-state index is 0.225. The topological polar surface area (TPSA) is 30.0 Å². The number of hydrogen-bond acceptors (Lipinski definition) is 2. The van der Waals surface area contributed by atoms with Crippen molar-refractivity contribution in [2.24, 2.45) is 5.92 Å². The molecule has 2 nitrogen and oxygen atoms in total. The molecular formula is C11H11Br2NO. The fourth-order valence-electron chi connectivity index (χ4n) is 1.70. The lowest BCUT2D eigenvalue weighted by Crippen LogP contribution is -2.16. The zero-order chi connectivity index (χ0) is 10.8. The van der Waals surface area contributed by atoms with E-state index in [9.17, 15) is 4.79 Å². The summed E-state index contributed by atoms with van der Waals surface area (Å²) in [5.74, 6) is 0.840. The van der Waals surface area contributed by atoms with Crippen LogP contribution in [0.4, 0.5) is 0 Å². The van der Waals surface area contributed by atoms with Crippen LogP contribution >= 0.6 is 31.9 Å². The average molecular weight is 333 g/mol. The highest BCUT2D eigenvalue weighted by atomic mass is 79.9. The average Bonchev–Trinajstić information content (AvgIpc) is 2.09. The van der Waals surface area contributed by atoms with Gasteiger partial charge in [0.25, 0.3) is 0 Å². The van der Waals surface area contributed by atoms with Gasteiger partial charge in [0.05, 0.1) is 0 Å². The Hall–Kier alpha value is -0.220. The number of ketones is 1. The number of carbonyl (C=O) groups is 1. The SMILES string of the molecule is O=C(CC1CCC1)c1cc(Br)nc(Br)c1. The minimum atomic E-state index is 0.225. The van der Waals surface area contributed by atoms with Crippen LogP contribution in [0.25, 0.3) is 0 Å². The maximum absolute atomic E-state index is 11.9. The summed E-state index contributed by atoms with van der Waals surface area (Å²) in [6.45, 7) is 0. The maximum atomic E-state index is 11.9. The second-order valence-corrected chi connectivity index (χ2v) is 5.55. The number of rotatable bonds is 3. The number of halogens is 2. The van der Waals surface area contributed by atoms with Gasteiger partial charge in [0.15, 0.2) is 5.78 Å². The Kier molecular flexibility index (Phi) is 3.57. The molecule has 0 unspecified atom stereocenters. The molecule has 1 aromatic rings. The van der Waals surface area contributed by atoms with Crippen molar-refractivity contribution in [1.29, 1.82) is 0 Å². The summed E-state index contributed by atoms with van der Waals surface area (Å²) in [5.41, 5.74) is 0.746. The van der Waals surface area contributed by atoms with Gasteiger partial charge in [-0.05, 0) is 49.9 Å². The van der Waals surface area contributed by atoms with E-state index in [0.717, 1.165) is 5.56 Å². The molecule has 0 bridgehead atoms. The normalized spacial score (nSPS) is 16.1. The quantitative estimate of drug-likeness (QED) is 0.619. The number of carbonyl (C=O) groups excluding carboxylic acids is 1. The third kappa shape index (κ3) is 2.88. The van der Waals surface area contributed by atoms with Crippen LogP contribution in [-0.4, -0.2) is 10.8 Å². The van der Waals surface area contributed by atoms with Gasteiger partial charge in [-0.3, -0.25) is 4.79 Å². The van der Waals surface area contributed by atoms with Gasteiger partial charge < -0.3 is 0 Å². The van der Waals surface area contributed by atoms with Crippen molar-refractivity contribution in [3.05, 3.63) is 26.9 Å². The third-order valence-corrected chi connectivity index (χ3v) is 3.60. The predicted molar refractivity (Wildman–Crippen MR) is 65.9 cm³/mol. The lowest BCUT2D eigenvalue weighted by Gasteiger charge is -2.24. The molecule has 1 heterocycles. The Morgan fingerprint density at radius 3 is 2.40 bits per heavy atom. The van der Waals surface area contributed by atoms with Crippen molar-refractivity contribution in [2.45, 2.75) is 25.7 Å². The summed E-state index contributed by atoms with van der Waals surface area (Å²) in [7, 11) is 0. The molecule has 0 spiro atoms. The summed E-state index contributed by atoms with van der Waals surface area (Å²) < 4.78 is 1.41. The molecule has 1 saturated carbocycles. The van der Waals surface area contributed by atoms with Crippen molar-refractivity contribution >= 4 is 37.6 Å². The summed E-state index contributed by atoms with van der Waals surface area (Å²) in [6.07, 6.45) is 4.38. The summed E-state index contributed by atoms with van der Waals surface area (Å²) in [6, 6.07) is 3.57. The van der Waals surface area contributed by atoms with E-state index in [1.54, 1.807) is 12.1 Å². The first-order valence-corrected chi connectivity index (χ1v) is 6.60. The Bertz CT molecular complexity index is 368. The highest BCUT2D eigenvalue weighted by Gasteiger charge is 2.21. The van der Waals surface area contributed by atoms with Crippen molar-refractivity contribution < 1.29 is 4.79 Å². The molecule has 4 heteroatoms. The van der Waals surface area contributed by atoms with E-state index in [2.05, 4.69) is 36.8 Å². The first-order chi connectivity index (χ1) is 7.15. The van der Waals surface area contributed by atoms with Gasteiger partial charge in [-0.2, -0.15) is 0 Å². The zero-order valence-corrected chi connectivity index (χ0v) is 11.3. The fraction of sp³-hybridized carbons (Fsp3) is 0.455. The summed E-state index contributed by atoms with van der Waals surface area (Å²) in [4.78, 5) is 16.0. The molecule has 2 rings (SSSR count). The molecular weight excluding hydrogens is 322 g/mol. The Labute approximate surface area is 106 Å². The molecule has 1 aromatic heterocycles. The molecule has 15 heavy (non-hydrogen) atoms. The molecule has 0 atom stereocenters. The van der Waals surface area contributed by atoms with Gasteiger partial charge in [0, 0.05) is 12.0 Å². The second kappa shape index (κ2) is 4.74. The monoisotopic (exact) mass is 331 g/mol. The van der Waals surface area contributed by atoms with Crippen LogP contribution < -0.4 is 0 Å². The van der Waals surface area contributed by atoms with E-state index in [1.165, 1.54) is 19.3 Å². The first kappa shape index (κ1) is 11.3. The van der Waals surface area contributed by atoms with E-state index in [4.69, 9.17) is 0 Å². The molecule has 0 saturated heterocycles. The Morgan fingerprint density at radius 2 is 1.93 bits per heavy atom. The number of pyridine rings is 1. The summed E-state index contributed by atoms with van der Waals surface area (Å²) in [5, 5.41) is 0. The Balaban J connectivity index is 2.10. The molecule has 1 aliphatic carbocycles. The third-order valence-electron chi connectivity index (χ3n) is 2.78. The molecule has 0 radical (unpaired) electrons. The van der Waals surface area contributed by atoms with E-state index in [1.807, 2.05) is 0 Å². The van der Waals surface area contributed by atoms with Crippen LogP contribution in [0.3, 0.4) is 0 Å². The molecule has 0 aliphatic heterocycles. The van der Waals surface area contributed by atoms with Gasteiger partial charge in [0.1, 0.15) is 9.21 Å². The van der Waals surface area contributed by atoms with Crippen molar-refractivity contribution in [2.75, 3.05) is 0 Å². The number of hydrogen-bond donors (Lipinski definition) is 0. The van der Waals surface area contributed by atoms with E-state index >= 15 is 0 Å². The fourth-order valence-corrected chi connectivity index (χ4v) is 2.82. The van der Waals surface area contributed by atoms with Crippen molar-refractivity contribution in [3.63, 3.8) is 0 Å². The van der Waals surface area contributed by atoms with Crippen LogP contribution in [0.15, 0.2) is 21.3 Å².